The molecule has 2 aromatic heterocycles. The molecule has 0 N–H and O–H groups in total. The summed E-state index contributed by atoms with van der Waals surface area (Å²) >= 11 is 0. The molecule has 0 atom stereocenters. The van der Waals surface area contributed by atoms with E-state index >= 15 is 0 Å². The number of nitrogens with zero attached hydrogens (tertiary/aromatic N) is 3. The Morgan fingerprint density at radius 2 is 1.00 bits per heavy atom. The predicted octanol–water partition coefficient (Wildman–Crippen LogP) is 12.9. The standard InChI is InChI=1S/C49H31N3O/c1-3-14-33(15-4-1)48-50-43-24-10-9-23-42(43)47(52-48)39-21-12-20-38(30-39)46-40-22-8-7-13-32(40)25-27-41(46)37-19-11-18-35(29-37)36-26-28-45-44(31-36)51-49(53-45)34-16-5-2-6-17-34/h1-31H. The molecule has 10 rings (SSSR count). The summed E-state index contributed by atoms with van der Waals surface area (Å²) < 4.78 is 6.12. The zero-order valence-electron chi connectivity index (χ0n) is 28.6. The van der Waals surface area contributed by atoms with Crippen LogP contribution >= 0.6 is 0 Å². The van der Waals surface area contributed by atoms with E-state index in [1.165, 1.54) is 16.3 Å². The van der Waals surface area contributed by atoms with Crippen LogP contribution in [0.4, 0.5) is 0 Å². The van der Waals surface area contributed by atoms with E-state index in [2.05, 4.69) is 127 Å². The van der Waals surface area contributed by atoms with Gasteiger partial charge in [0.1, 0.15) is 5.52 Å². The van der Waals surface area contributed by atoms with Gasteiger partial charge in [0.25, 0.3) is 0 Å². The lowest BCUT2D eigenvalue weighted by Crippen LogP contribution is -1.95. The van der Waals surface area contributed by atoms with Crippen molar-refractivity contribution in [3.05, 3.63) is 188 Å². The van der Waals surface area contributed by atoms with Crippen LogP contribution in [0.2, 0.25) is 0 Å². The summed E-state index contributed by atoms with van der Waals surface area (Å²) in [6, 6.07) is 65.4. The maximum Gasteiger partial charge on any atom is 0.227 e. The zero-order chi connectivity index (χ0) is 35.1. The number of fused-ring (bicyclic) bond motifs is 3. The molecule has 0 aliphatic heterocycles. The van der Waals surface area contributed by atoms with Crippen molar-refractivity contribution in [3.63, 3.8) is 0 Å². The first-order chi connectivity index (χ1) is 26.2. The summed E-state index contributed by atoms with van der Waals surface area (Å²) in [5, 5.41) is 3.41. The van der Waals surface area contributed by atoms with Crippen molar-refractivity contribution < 1.29 is 4.42 Å². The molecule has 53 heavy (non-hydrogen) atoms. The van der Waals surface area contributed by atoms with Gasteiger partial charge >= 0.3 is 0 Å². The average Bonchev–Trinajstić information content (AvgIpc) is 3.67. The van der Waals surface area contributed by atoms with Crippen LogP contribution in [0.15, 0.2) is 192 Å². The van der Waals surface area contributed by atoms with E-state index in [1.54, 1.807) is 0 Å². The highest BCUT2D eigenvalue weighted by atomic mass is 16.3. The van der Waals surface area contributed by atoms with Gasteiger partial charge in [0.15, 0.2) is 11.4 Å². The second kappa shape index (κ2) is 12.9. The molecule has 0 fully saturated rings. The van der Waals surface area contributed by atoms with E-state index in [0.717, 1.165) is 72.2 Å². The maximum absolute atomic E-state index is 6.12. The monoisotopic (exact) mass is 677 g/mol. The molecule has 0 aliphatic carbocycles. The van der Waals surface area contributed by atoms with Crippen molar-refractivity contribution in [2.75, 3.05) is 0 Å². The summed E-state index contributed by atoms with van der Waals surface area (Å²) in [7, 11) is 0. The van der Waals surface area contributed by atoms with Crippen LogP contribution in [0.3, 0.4) is 0 Å². The molecule has 10 aromatic rings. The molecule has 248 valence electrons. The van der Waals surface area contributed by atoms with Crippen LogP contribution in [0.5, 0.6) is 0 Å². The molecule has 0 bridgehead atoms. The van der Waals surface area contributed by atoms with Crippen molar-refractivity contribution in [2.24, 2.45) is 0 Å². The van der Waals surface area contributed by atoms with Gasteiger partial charge in [-0.1, -0.05) is 146 Å². The van der Waals surface area contributed by atoms with Gasteiger partial charge in [0.2, 0.25) is 5.89 Å². The summed E-state index contributed by atoms with van der Waals surface area (Å²) in [6.07, 6.45) is 0. The number of rotatable bonds is 6. The Labute approximate surface area is 306 Å². The number of benzene rings is 8. The summed E-state index contributed by atoms with van der Waals surface area (Å²) in [5.74, 6) is 1.34. The molecule has 4 heteroatoms. The Kier molecular flexibility index (Phi) is 7.43. The fraction of sp³-hybridized carbons (Fsp3) is 0. The average molecular weight is 678 g/mol. The van der Waals surface area contributed by atoms with Gasteiger partial charge in [-0.3, -0.25) is 0 Å². The molecule has 2 heterocycles. The van der Waals surface area contributed by atoms with Crippen molar-refractivity contribution >= 4 is 32.8 Å². The molecule has 0 unspecified atom stereocenters. The van der Waals surface area contributed by atoms with Crippen LogP contribution in [-0.4, -0.2) is 15.0 Å². The molecule has 0 radical (unpaired) electrons. The van der Waals surface area contributed by atoms with Gasteiger partial charge in [-0.15, -0.1) is 0 Å². The first-order valence-electron chi connectivity index (χ1n) is 17.8. The van der Waals surface area contributed by atoms with Crippen molar-refractivity contribution in [2.45, 2.75) is 0 Å². The van der Waals surface area contributed by atoms with Crippen LogP contribution in [-0.2, 0) is 0 Å². The third kappa shape index (κ3) is 5.63. The Bertz CT molecular complexity index is 2950. The number of hydrogen-bond donors (Lipinski definition) is 0. The number of oxazole rings is 1. The van der Waals surface area contributed by atoms with Gasteiger partial charge in [0, 0.05) is 22.1 Å². The lowest BCUT2D eigenvalue weighted by molar-refractivity contribution is 0.620. The molecule has 0 spiro atoms. The van der Waals surface area contributed by atoms with E-state index < -0.39 is 0 Å². The smallest absolute Gasteiger partial charge is 0.227 e. The molecular weight excluding hydrogens is 647 g/mol. The summed E-state index contributed by atoms with van der Waals surface area (Å²) in [4.78, 5) is 15.0. The molecule has 0 saturated heterocycles. The topological polar surface area (TPSA) is 51.8 Å². The van der Waals surface area contributed by atoms with Crippen LogP contribution < -0.4 is 0 Å². The SMILES string of the molecule is c1ccc(-c2nc(-c3cccc(-c4c(-c5cccc(-c6ccc7oc(-c8ccccc8)nc7c6)c5)ccc5ccccc45)c3)c3ccccc3n2)cc1. The highest BCUT2D eigenvalue weighted by Gasteiger charge is 2.17. The zero-order valence-corrected chi connectivity index (χ0v) is 28.6. The Morgan fingerprint density at radius 3 is 1.85 bits per heavy atom. The second-order valence-electron chi connectivity index (χ2n) is 13.2. The van der Waals surface area contributed by atoms with Crippen LogP contribution in [0.1, 0.15) is 0 Å². The normalized spacial score (nSPS) is 11.4. The van der Waals surface area contributed by atoms with Crippen molar-refractivity contribution in [1.82, 2.24) is 15.0 Å². The predicted molar refractivity (Wildman–Crippen MR) is 217 cm³/mol. The van der Waals surface area contributed by atoms with E-state index in [1.807, 2.05) is 60.7 Å². The minimum atomic E-state index is 0.626. The number of aromatic nitrogens is 3. The first kappa shape index (κ1) is 30.6. The van der Waals surface area contributed by atoms with Crippen LogP contribution in [0, 0.1) is 0 Å². The van der Waals surface area contributed by atoms with Gasteiger partial charge in [-0.25, -0.2) is 15.0 Å². The Hall–Kier alpha value is -7.17. The number of para-hydroxylation sites is 1. The fourth-order valence-corrected chi connectivity index (χ4v) is 7.34. The Morgan fingerprint density at radius 1 is 0.358 bits per heavy atom. The van der Waals surface area contributed by atoms with Crippen LogP contribution in [0.25, 0.3) is 100 Å². The van der Waals surface area contributed by atoms with Crippen molar-refractivity contribution in [3.8, 4) is 67.5 Å². The third-order valence-electron chi connectivity index (χ3n) is 9.90. The largest absolute Gasteiger partial charge is 0.436 e. The number of hydrogen-bond acceptors (Lipinski definition) is 4. The quantitative estimate of drug-likeness (QED) is 0.176. The van der Waals surface area contributed by atoms with Crippen molar-refractivity contribution in [1.29, 1.82) is 0 Å². The van der Waals surface area contributed by atoms with E-state index in [0.29, 0.717) is 11.7 Å². The lowest BCUT2D eigenvalue weighted by Gasteiger charge is -2.16. The van der Waals surface area contributed by atoms with E-state index in [4.69, 9.17) is 19.4 Å². The highest BCUT2D eigenvalue weighted by Crippen LogP contribution is 2.41. The minimum Gasteiger partial charge on any atom is -0.436 e. The molecule has 4 nitrogen and oxygen atoms in total. The molecule has 8 aromatic carbocycles. The summed E-state index contributed by atoms with van der Waals surface area (Å²) in [6.45, 7) is 0. The lowest BCUT2D eigenvalue weighted by atomic mass is 9.88. The minimum absolute atomic E-state index is 0.626. The van der Waals surface area contributed by atoms with E-state index in [9.17, 15) is 0 Å². The highest BCUT2D eigenvalue weighted by molar-refractivity contribution is 6.05. The molecular formula is C49H31N3O. The van der Waals surface area contributed by atoms with Gasteiger partial charge in [0.05, 0.1) is 11.2 Å². The Balaban J connectivity index is 1.11. The second-order valence-corrected chi connectivity index (χ2v) is 13.2. The fourth-order valence-electron chi connectivity index (χ4n) is 7.34. The molecule has 0 aliphatic rings. The molecule has 0 saturated carbocycles. The van der Waals surface area contributed by atoms with Gasteiger partial charge in [-0.2, -0.15) is 0 Å². The maximum atomic E-state index is 6.12. The first-order valence-corrected chi connectivity index (χ1v) is 17.8. The third-order valence-corrected chi connectivity index (χ3v) is 9.90. The van der Waals surface area contributed by atoms with Gasteiger partial charge < -0.3 is 4.42 Å². The molecule has 0 amide bonds. The van der Waals surface area contributed by atoms with E-state index in [-0.39, 0.29) is 0 Å². The summed E-state index contributed by atoms with van der Waals surface area (Å²) in [5.41, 5.74) is 13.2. The van der Waals surface area contributed by atoms with Gasteiger partial charge in [-0.05, 0) is 86.6 Å².